The molecule has 0 saturated heterocycles. The van der Waals surface area contributed by atoms with Crippen LogP contribution in [0.5, 0.6) is 5.75 Å². The number of amides is 2. The van der Waals surface area contributed by atoms with Gasteiger partial charge in [0, 0.05) is 24.6 Å². The Morgan fingerprint density at radius 3 is 2.69 bits per heavy atom. The average Bonchev–Trinajstić information content (AvgIpc) is 3.16. The first-order valence-corrected chi connectivity index (χ1v) is 11.6. The molecule has 0 radical (unpaired) electrons. The Labute approximate surface area is 187 Å². The van der Waals surface area contributed by atoms with Crippen LogP contribution in [0.2, 0.25) is 0 Å². The van der Waals surface area contributed by atoms with Gasteiger partial charge >= 0.3 is 0 Å². The topological polar surface area (TPSA) is 102 Å². The number of carbonyl (C=O) groups is 2. The molecule has 1 aromatic carbocycles. The maximum absolute atomic E-state index is 13.2. The van der Waals surface area contributed by atoms with Crippen molar-refractivity contribution in [1.29, 1.82) is 0 Å². The normalized spacial score (nSPS) is 32.3. The molecule has 32 heavy (non-hydrogen) atoms. The zero-order chi connectivity index (χ0) is 22.0. The number of rotatable bonds is 4. The Bertz CT molecular complexity index is 1080. The zero-order valence-corrected chi connectivity index (χ0v) is 18.3. The summed E-state index contributed by atoms with van der Waals surface area (Å²) in [7, 11) is 1.86. The van der Waals surface area contributed by atoms with Gasteiger partial charge in [0.05, 0.1) is 12.2 Å². The lowest BCUT2D eigenvalue weighted by atomic mass is 9.47. The number of hydrogen-bond acceptors (Lipinski definition) is 5. The smallest absolute Gasteiger partial charge is 0.272 e. The summed E-state index contributed by atoms with van der Waals surface area (Å²) in [5, 5.41) is 7.82. The fourth-order valence-corrected chi connectivity index (χ4v) is 7.02. The molecule has 1 aromatic heterocycles. The van der Waals surface area contributed by atoms with Gasteiger partial charge in [-0.1, -0.05) is 12.1 Å². The van der Waals surface area contributed by atoms with Gasteiger partial charge in [-0.3, -0.25) is 14.3 Å². The SMILES string of the molecule is Cn1nc(C(=O)NC2C3CC4CC2CC(C(N)=O)(C4)C3)cc1N1CCOc2ccccc21. The summed E-state index contributed by atoms with van der Waals surface area (Å²) < 4.78 is 7.53. The van der Waals surface area contributed by atoms with Gasteiger partial charge in [-0.15, -0.1) is 0 Å². The quantitative estimate of drug-likeness (QED) is 0.768. The molecule has 2 heterocycles. The molecule has 2 amide bonds. The van der Waals surface area contributed by atoms with Crippen LogP contribution >= 0.6 is 0 Å². The Hall–Kier alpha value is -3.03. The molecular weight excluding hydrogens is 406 g/mol. The maximum Gasteiger partial charge on any atom is 0.272 e. The summed E-state index contributed by atoms with van der Waals surface area (Å²) in [6.45, 7) is 1.28. The summed E-state index contributed by atoms with van der Waals surface area (Å²) in [6.07, 6.45) is 4.69. The molecule has 2 aromatic rings. The second kappa shape index (κ2) is 6.98. The lowest BCUT2D eigenvalue weighted by molar-refractivity contribution is -0.145. The molecule has 4 saturated carbocycles. The van der Waals surface area contributed by atoms with Crippen LogP contribution < -0.4 is 20.7 Å². The standard InChI is InChI=1S/C24H29N5O3/c1-28-20(29-6-7-32-19-5-3-2-4-18(19)29)10-17(27-28)22(30)26-21-15-8-14-9-16(21)13-24(11-14,12-15)23(25)31/h2-5,10,14-16,21H,6-9,11-13H2,1H3,(H2,25,31)(H,26,30). The van der Waals surface area contributed by atoms with Gasteiger partial charge in [0.2, 0.25) is 5.91 Å². The summed E-state index contributed by atoms with van der Waals surface area (Å²) >= 11 is 0. The Morgan fingerprint density at radius 2 is 1.94 bits per heavy atom. The summed E-state index contributed by atoms with van der Waals surface area (Å²) in [5.74, 6) is 2.63. The minimum atomic E-state index is -0.348. The molecule has 5 aliphatic rings. The fraction of sp³-hybridized carbons (Fsp3) is 0.542. The second-order valence-electron chi connectivity index (χ2n) is 10.1. The highest BCUT2D eigenvalue weighted by Crippen LogP contribution is 2.59. The van der Waals surface area contributed by atoms with Crippen LogP contribution in [0.3, 0.4) is 0 Å². The number of hydrogen-bond donors (Lipinski definition) is 2. The number of para-hydroxylation sites is 2. The van der Waals surface area contributed by atoms with Crippen LogP contribution in [0.15, 0.2) is 30.3 Å². The predicted octanol–water partition coefficient (Wildman–Crippen LogP) is 2.36. The predicted molar refractivity (Wildman–Crippen MR) is 119 cm³/mol. The van der Waals surface area contributed by atoms with E-state index >= 15 is 0 Å². The third-order valence-electron chi connectivity index (χ3n) is 8.19. The van der Waals surface area contributed by atoms with Crippen molar-refractivity contribution >= 4 is 23.3 Å². The van der Waals surface area contributed by atoms with Crippen LogP contribution in [-0.2, 0) is 11.8 Å². The second-order valence-corrected chi connectivity index (χ2v) is 10.1. The molecule has 2 unspecified atom stereocenters. The van der Waals surface area contributed by atoms with E-state index in [9.17, 15) is 9.59 Å². The van der Waals surface area contributed by atoms with Gasteiger partial charge in [0.15, 0.2) is 5.69 Å². The monoisotopic (exact) mass is 435 g/mol. The van der Waals surface area contributed by atoms with Gasteiger partial charge < -0.3 is 20.7 Å². The van der Waals surface area contributed by atoms with Crippen molar-refractivity contribution in [1.82, 2.24) is 15.1 Å². The number of aryl methyl sites for hydroxylation is 1. The molecular formula is C24H29N5O3. The highest BCUT2D eigenvalue weighted by molar-refractivity contribution is 5.93. The van der Waals surface area contributed by atoms with Crippen molar-refractivity contribution in [2.45, 2.75) is 38.1 Å². The largest absolute Gasteiger partial charge is 0.490 e. The molecule has 8 nitrogen and oxygen atoms in total. The fourth-order valence-electron chi connectivity index (χ4n) is 7.02. The summed E-state index contributed by atoms with van der Waals surface area (Å²) in [4.78, 5) is 27.6. The first-order chi connectivity index (χ1) is 15.4. The van der Waals surface area contributed by atoms with Crippen molar-refractivity contribution in [3.05, 3.63) is 36.0 Å². The van der Waals surface area contributed by atoms with E-state index in [1.165, 1.54) is 0 Å². The number of nitrogens with one attached hydrogen (secondary N) is 1. The third-order valence-corrected chi connectivity index (χ3v) is 8.19. The zero-order valence-electron chi connectivity index (χ0n) is 18.3. The highest BCUT2D eigenvalue weighted by atomic mass is 16.5. The van der Waals surface area contributed by atoms with Crippen molar-refractivity contribution < 1.29 is 14.3 Å². The van der Waals surface area contributed by atoms with Gasteiger partial charge in [-0.25, -0.2) is 0 Å². The molecule has 7 rings (SSSR count). The third kappa shape index (κ3) is 2.92. The van der Waals surface area contributed by atoms with Crippen molar-refractivity contribution in [2.24, 2.45) is 36.0 Å². The Morgan fingerprint density at radius 1 is 1.19 bits per heavy atom. The number of fused-ring (bicyclic) bond motifs is 1. The van der Waals surface area contributed by atoms with E-state index in [2.05, 4.69) is 15.3 Å². The van der Waals surface area contributed by atoms with Crippen LogP contribution in [0, 0.1) is 23.2 Å². The van der Waals surface area contributed by atoms with Gasteiger partial charge in [-0.2, -0.15) is 5.10 Å². The van der Waals surface area contributed by atoms with Crippen LogP contribution in [0.1, 0.15) is 42.6 Å². The first-order valence-electron chi connectivity index (χ1n) is 11.6. The number of benzene rings is 1. The maximum atomic E-state index is 13.2. The van der Waals surface area contributed by atoms with Gasteiger partial charge in [0.25, 0.3) is 5.91 Å². The Kier molecular flexibility index (Phi) is 4.29. The molecule has 8 heteroatoms. The molecule has 4 bridgehead atoms. The Balaban J connectivity index is 1.22. The van der Waals surface area contributed by atoms with Crippen LogP contribution in [-0.4, -0.2) is 40.8 Å². The minimum Gasteiger partial charge on any atom is -0.490 e. The van der Waals surface area contributed by atoms with Crippen LogP contribution in [0.4, 0.5) is 11.5 Å². The number of ether oxygens (including phenoxy) is 1. The number of primary amides is 1. The number of carbonyl (C=O) groups excluding carboxylic acids is 2. The molecule has 2 atom stereocenters. The summed E-state index contributed by atoms with van der Waals surface area (Å²) in [5.41, 5.74) is 6.85. The van der Waals surface area contributed by atoms with E-state index in [0.717, 1.165) is 49.4 Å². The van der Waals surface area contributed by atoms with E-state index in [1.54, 1.807) is 4.68 Å². The average molecular weight is 436 g/mol. The number of aromatic nitrogens is 2. The number of anilines is 2. The van der Waals surface area contributed by atoms with Crippen LogP contribution in [0.25, 0.3) is 0 Å². The molecule has 0 spiro atoms. The van der Waals surface area contributed by atoms with Crippen molar-refractivity contribution in [3.8, 4) is 5.75 Å². The molecule has 168 valence electrons. The van der Waals surface area contributed by atoms with Crippen molar-refractivity contribution in [3.63, 3.8) is 0 Å². The van der Waals surface area contributed by atoms with E-state index in [0.29, 0.717) is 36.6 Å². The molecule has 1 aliphatic heterocycles. The number of nitrogens with zero attached hydrogens (tertiary/aromatic N) is 3. The summed E-state index contributed by atoms with van der Waals surface area (Å²) in [6, 6.07) is 9.87. The lowest BCUT2D eigenvalue weighted by Gasteiger charge is -2.58. The van der Waals surface area contributed by atoms with Gasteiger partial charge in [0.1, 0.15) is 18.2 Å². The highest BCUT2D eigenvalue weighted by Gasteiger charge is 2.58. The molecule has 4 fully saturated rings. The van der Waals surface area contributed by atoms with E-state index in [-0.39, 0.29) is 23.3 Å². The van der Waals surface area contributed by atoms with E-state index in [4.69, 9.17) is 10.5 Å². The van der Waals surface area contributed by atoms with Gasteiger partial charge in [-0.05, 0) is 62.0 Å². The molecule has 4 aliphatic carbocycles. The number of nitrogens with two attached hydrogens (primary N) is 1. The van der Waals surface area contributed by atoms with Crippen molar-refractivity contribution in [2.75, 3.05) is 18.1 Å². The molecule has 3 N–H and O–H groups in total. The lowest BCUT2D eigenvalue weighted by Crippen LogP contribution is -2.62. The van der Waals surface area contributed by atoms with E-state index < -0.39 is 0 Å². The van der Waals surface area contributed by atoms with E-state index in [1.807, 2.05) is 37.4 Å². The minimum absolute atomic E-state index is 0.0982. The first kappa shape index (κ1) is 19.6.